The van der Waals surface area contributed by atoms with Gasteiger partial charge < -0.3 is 10.5 Å². The van der Waals surface area contributed by atoms with E-state index >= 15 is 0 Å². The standard InChI is InChI=1S/C15H22N2O3S/c16-9-12-1-3-14(4-2-12)21(18,19)15-5-7-17(8-6-15)13-10-20-11-13/h1-4,13,15H,5-11,16H2. The molecule has 1 aromatic rings. The summed E-state index contributed by atoms with van der Waals surface area (Å²) in [5, 5.41) is -0.265. The quantitative estimate of drug-likeness (QED) is 0.890. The van der Waals surface area contributed by atoms with E-state index in [1.807, 2.05) is 0 Å². The first-order chi connectivity index (χ1) is 10.1. The van der Waals surface area contributed by atoms with Gasteiger partial charge in [-0.15, -0.1) is 0 Å². The van der Waals surface area contributed by atoms with Crippen molar-refractivity contribution in [1.82, 2.24) is 4.90 Å². The summed E-state index contributed by atoms with van der Waals surface area (Å²) in [7, 11) is -3.22. The molecule has 1 aromatic carbocycles. The average Bonchev–Trinajstić information content (AvgIpc) is 2.46. The lowest BCUT2D eigenvalue weighted by molar-refractivity contribution is -0.0695. The zero-order valence-corrected chi connectivity index (χ0v) is 12.9. The number of piperidine rings is 1. The molecule has 2 heterocycles. The molecule has 2 aliphatic heterocycles. The summed E-state index contributed by atoms with van der Waals surface area (Å²) < 4.78 is 30.5. The SMILES string of the molecule is NCc1ccc(S(=O)(=O)C2CCN(C3COC3)CC2)cc1. The molecule has 0 spiro atoms. The van der Waals surface area contributed by atoms with Gasteiger partial charge >= 0.3 is 0 Å². The van der Waals surface area contributed by atoms with Crippen molar-refractivity contribution < 1.29 is 13.2 Å². The lowest BCUT2D eigenvalue weighted by Crippen LogP contribution is -2.53. The highest BCUT2D eigenvalue weighted by Gasteiger charge is 2.35. The molecule has 0 amide bonds. The van der Waals surface area contributed by atoms with Gasteiger partial charge in [-0.25, -0.2) is 8.42 Å². The molecular weight excluding hydrogens is 288 g/mol. The number of rotatable bonds is 4. The van der Waals surface area contributed by atoms with E-state index in [0.29, 0.717) is 30.3 Å². The summed E-state index contributed by atoms with van der Waals surface area (Å²) in [5.74, 6) is 0. The molecule has 0 atom stereocenters. The number of hydrogen-bond acceptors (Lipinski definition) is 5. The summed E-state index contributed by atoms with van der Waals surface area (Å²) in [6.07, 6.45) is 1.41. The van der Waals surface area contributed by atoms with Gasteiger partial charge in [0, 0.05) is 6.54 Å². The van der Waals surface area contributed by atoms with E-state index in [9.17, 15) is 8.42 Å². The van der Waals surface area contributed by atoms with Gasteiger partial charge in [0.05, 0.1) is 29.4 Å². The fourth-order valence-corrected chi connectivity index (χ4v) is 4.72. The van der Waals surface area contributed by atoms with Crippen molar-refractivity contribution >= 4 is 9.84 Å². The van der Waals surface area contributed by atoms with E-state index in [1.165, 1.54) is 0 Å². The second-order valence-electron chi connectivity index (χ2n) is 5.82. The Kier molecular flexibility index (Phi) is 4.31. The predicted molar refractivity (Wildman–Crippen MR) is 80.7 cm³/mol. The zero-order chi connectivity index (χ0) is 14.9. The van der Waals surface area contributed by atoms with Crippen LogP contribution in [0.3, 0.4) is 0 Å². The van der Waals surface area contributed by atoms with Crippen molar-refractivity contribution in [2.24, 2.45) is 5.73 Å². The molecule has 5 nitrogen and oxygen atoms in total. The van der Waals surface area contributed by atoms with Crippen molar-refractivity contribution in [3.63, 3.8) is 0 Å². The van der Waals surface area contributed by atoms with Crippen LogP contribution in [-0.4, -0.2) is 50.9 Å². The zero-order valence-electron chi connectivity index (χ0n) is 12.1. The maximum Gasteiger partial charge on any atom is 0.181 e. The molecule has 2 saturated heterocycles. The predicted octanol–water partition coefficient (Wildman–Crippen LogP) is 0.782. The second kappa shape index (κ2) is 6.04. The number of nitrogens with two attached hydrogens (primary N) is 1. The average molecular weight is 310 g/mol. The Hall–Kier alpha value is -0.950. The van der Waals surface area contributed by atoms with Crippen molar-refractivity contribution in [3.05, 3.63) is 29.8 Å². The Morgan fingerprint density at radius 3 is 2.24 bits per heavy atom. The first kappa shape index (κ1) is 15.0. The highest BCUT2D eigenvalue weighted by atomic mass is 32.2. The molecular formula is C15H22N2O3S. The van der Waals surface area contributed by atoms with Crippen LogP contribution in [0.2, 0.25) is 0 Å². The van der Waals surface area contributed by atoms with Gasteiger partial charge in [-0.2, -0.15) is 0 Å². The molecule has 6 heteroatoms. The van der Waals surface area contributed by atoms with Crippen molar-refractivity contribution in [3.8, 4) is 0 Å². The topological polar surface area (TPSA) is 72.6 Å². The van der Waals surface area contributed by atoms with Gasteiger partial charge in [0.2, 0.25) is 0 Å². The molecule has 0 bridgehead atoms. The Morgan fingerprint density at radius 1 is 1.14 bits per heavy atom. The molecule has 116 valence electrons. The van der Waals surface area contributed by atoms with E-state index in [0.717, 1.165) is 31.9 Å². The molecule has 3 rings (SSSR count). The van der Waals surface area contributed by atoms with Crippen LogP contribution in [0.5, 0.6) is 0 Å². The first-order valence-electron chi connectivity index (χ1n) is 7.46. The number of hydrogen-bond donors (Lipinski definition) is 1. The smallest absolute Gasteiger partial charge is 0.181 e. The first-order valence-corrected chi connectivity index (χ1v) is 9.00. The van der Waals surface area contributed by atoms with Gasteiger partial charge in [0.1, 0.15) is 0 Å². The molecule has 0 radical (unpaired) electrons. The fourth-order valence-electron chi connectivity index (χ4n) is 2.99. The van der Waals surface area contributed by atoms with E-state index in [1.54, 1.807) is 24.3 Å². The Balaban J connectivity index is 1.67. The third kappa shape index (κ3) is 2.99. The van der Waals surface area contributed by atoms with Gasteiger partial charge in [0.25, 0.3) is 0 Å². The van der Waals surface area contributed by atoms with Gasteiger partial charge in [-0.05, 0) is 43.6 Å². The summed E-state index contributed by atoms with van der Waals surface area (Å²) in [6.45, 7) is 3.70. The van der Waals surface area contributed by atoms with Crippen LogP contribution in [0.25, 0.3) is 0 Å². The number of nitrogens with zero attached hydrogens (tertiary/aromatic N) is 1. The van der Waals surface area contributed by atoms with E-state index in [2.05, 4.69) is 4.90 Å². The van der Waals surface area contributed by atoms with Crippen LogP contribution in [0.1, 0.15) is 18.4 Å². The van der Waals surface area contributed by atoms with Crippen LogP contribution >= 0.6 is 0 Å². The van der Waals surface area contributed by atoms with Crippen LogP contribution in [0.4, 0.5) is 0 Å². The molecule has 0 unspecified atom stereocenters. The highest BCUT2D eigenvalue weighted by molar-refractivity contribution is 7.92. The molecule has 2 aliphatic rings. The number of likely N-dealkylation sites (tertiary alicyclic amines) is 1. The summed E-state index contributed by atoms with van der Waals surface area (Å²) in [5.41, 5.74) is 6.50. The fraction of sp³-hybridized carbons (Fsp3) is 0.600. The number of benzene rings is 1. The van der Waals surface area contributed by atoms with Gasteiger partial charge in [-0.3, -0.25) is 4.90 Å². The minimum absolute atomic E-state index is 0.265. The molecule has 0 saturated carbocycles. The lowest BCUT2D eigenvalue weighted by atomic mass is 10.1. The summed E-state index contributed by atoms with van der Waals surface area (Å²) >= 11 is 0. The number of ether oxygens (including phenoxy) is 1. The monoisotopic (exact) mass is 310 g/mol. The molecule has 21 heavy (non-hydrogen) atoms. The Labute approximate surface area is 126 Å². The van der Waals surface area contributed by atoms with E-state index in [4.69, 9.17) is 10.5 Å². The third-order valence-corrected chi connectivity index (χ3v) is 6.82. The van der Waals surface area contributed by atoms with Crippen LogP contribution in [-0.2, 0) is 21.1 Å². The summed E-state index contributed by atoms with van der Waals surface area (Å²) in [4.78, 5) is 2.78. The van der Waals surface area contributed by atoms with Gasteiger partial charge in [0.15, 0.2) is 9.84 Å². The molecule has 0 aliphatic carbocycles. The van der Waals surface area contributed by atoms with Crippen molar-refractivity contribution in [2.75, 3.05) is 26.3 Å². The van der Waals surface area contributed by atoms with Crippen molar-refractivity contribution in [2.45, 2.75) is 35.6 Å². The maximum absolute atomic E-state index is 12.7. The van der Waals surface area contributed by atoms with E-state index in [-0.39, 0.29) is 5.25 Å². The lowest BCUT2D eigenvalue weighted by Gasteiger charge is -2.41. The molecule has 2 fully saturated rings. The van der Waals surface area contributed by atoms with Gasteiger partial charge in [-0.1, -0.05) is 12.1 Å². The van der Waals surface area contributed by atoms with E-state index < -0.39 is 9.84 Å². The number of sulfone groups is 1. The maximum atomic E-state index is 12.7. The third-order valence-electron chi connectivity index (χ3n) is 4.54. The normalized spacial score (nSPS) is 22.1. The second-order valence-corrected chi connectivity index (χ2v) is 8.05. The van der Waals surface area contributed by atoms with Crippen LogP contribution in [0, 0.1) is 0 Å². The van der Waals surface area contributed by atoms with Crippen molar-refractivity contribution in [1.29, 1.82) is 0 Å². The molecule has 2 N–H and O–H groups in total. The largest absolute Gasteiger partial charge is 0.378 e. The van der Waals surface area contributed by atoms with Crippen LogP contribution in [0.15, 0.2) is 29.2 Å². The highest BCUT2D eigenvalue weighted by Crippen LogP contribution is 2.26. The van der Waals surface area contributed by atoms with Crippen LogP contribution < -0.4 is 5.73 Å². The summed E-state index contributed by atoms with van der Waals surface area (Å²) in [6, 6.07) is 7.46. The minimum atomic E-state index is -3.22. The minimum Gasteiger partial charge on any atom is -0.378 e. The molecule has 0 aromatic heterocycles. The Bertz CT molecular complexity index is 573. The Morgan fingerprint density at radius 2 is 1.76 bits per heavy atom.